The second-order valence-electron chi connectivity index (χ2n) is 7.54. The fourth-order valence-electron chi connectivity index (χ4n) is 3.38. The Kier molecular flexibility index (Phi) is 5.32. The number of pyridine rings is 1. The third kappa shape index (κ3) is 4.13. The van der Waals surface area contributed by atoms with Crippen molar-refractivity contribution < 1.29 is 13.3 Å². The standard InChI is InChI=1S/C23H19FN4O3S/c1-28-13-18(16-8-9-26-22(16)23(28)29)17-11-15(27-32(2,3)30)5-7-20(17)31-21-6-4-14(12-25)10-19(21)24/h4-11,13,26H,1-3H3. The predicted octanol–water partition coefficient (Wildman–Crippen LogP) is 4.70. The smallest absolute Gasteiger partial charge is 0.274 e. The minimum atomic E-state index is -2.43. The summed E-state index contributed by atoms with van der Waals surface area (Å²) >= 11 is 0. The Morgan fingerprint density at radius 1 is 1.12 bits per heavy atom. The monoisotopic (exact) mass is 450 g/mol. The van der Waals surface area contributed by atoms with E-state index >= 15 is 0 Å². The van der Waals surface area contributed by atoms with E-state index in [-0.39, 0.29) is 16.9 Å². The lowest BCUT2D eigenvalue weighted by Gasteiger charge is -2.15. The highest BCUT2D eigenvalue weighted by Gasteiger charge is 2.17. The minimum Gasteiger partial charge on any atom is -0.454 e. The number of hydrogen-bond donors (Lipinski definition) is 1. The summed E-state index contributed by atoms with van der Waals surface area (Å²) in [7, 11) is -0.796. The predicted molar refractivity (Wildman–Crippen MR) is 122 cm³/mol. The summed E-state index contributed by atoms with van der Waals surface area (Å²) in [4.78, 5) is 15.4. The van der Waals surface area contributed by atoms with Gasteiger partial charge in [0.25, 0.3) is 5.56 Å². The normalized spacial score (nSPS) is 11.3. The number of aromatic amines is 1. The van der Waals surface area contributed by atoms with Crippen LogP contribution in [0.2, 0.25) is 0 Å². The van der Waals surface area contributed by atoms with Gasteiger partial charge in [-0.05, 0) is 42.5 Å². The number of ether oxygens (including phenoxy) is 1. The van der Waals surface area contributed by atoms with Crippen LogP contribution >= 0.6 is 0 Å². The van der Waals surface area contributed by atoms with E-state index < -0.39 is 15.5 Å². The molecule has 2 heterocycles. The number of fused-ring (bicyclic) bond motifs is 1. The Balaban J connectivity index is 1.96. The Labute approximate surface area is 183 Å². The average Bonchev–Trinajstić information content (AvgIpc) is 3.22. The first-order valence-electron chi connectivity index (χ1n) is 9.52. The van der Waals surface area contributed by atoms with E-state index in [0.717, 1.165) is 6.07 Å². The number of benzene rings is 2. The van der Waals surface area contributed by atoms with E-state index in [1.165, 1.54) is 29.2 Å². The van der Waals surface area contributed by atoms with Crippen molar-refractivity contribution in [1.29, 1.82) is 5.26 Å². The van der Waals surface area contributed by atoms with Crippen LogP contribution in [-0.2, 0) is 16.8 Å². The number of nitrogens with zero attached hydrogens (tertiary/aromatic N) is 3. The zero-order valence-corrected chi connectivity index (χ0v) is 18.4. The number of rotatable bonds is 4. The van der Waals surface area contributed by atoms with Crippen molar-refractivity contribution in [3.8, 4) is 28.7 Å². The number of nitriles is 1. The molecule has 0 aliphatic heterocycles. The zero-order chi connectivity index (χ0) is 23.0. The number of hydrogen-bond acceptors (Lipinski definition) is 5. The van der Waals surface area contributed by atoms with Gasteiger partial charge in [0.1, 0.15) is 11.3 Å². The maximum atomic E-state index is 14.5. The number of halogens is 1. The first-order chi connectivity index (χ1) is 15.2. The fourth-order valence-corrected chi connectivity index (χ4v) is 4.00. The van der Waals surface area contributed by atoms with Gasteiger partial charge in [-0.25, -0.2) is 8.60 Å². The van der Waals surface area contributed by atoms with Crippen molar-refractivity contribution >= 4 is 26.3 Å². The summed E-state index contributed by atoms with van der Waals surface area (Å²) in [6.45, 7) is 0. The second-order valence-corrected chi connectivity index (χ2v) is 10.1. The molecule has 0 radical (unpaired) electrons. The van der Waals surface area contributed by atoms with E-state index in [2.05, 4.69) is 9.35 Å². The molecule has 0 bridgehead atoms. The highest BCUT2D eigenvalue weighted by molar-refractivity contribution is 7.92. The Bertz CT molecular complexity index is 1580. The molecule has 0 unspecified atom stereocenters. The quantitative estimate of drug-likeness (QED) is 0.487. The van der Waals surface area contributed by atoms with E-state index in [0.29, 0.717) is 33.5 Å². The van der Waals surface area contributed by atoms with Crippen molar-refractivity contribution in [2.45, 2.75) is 0 Å². The van der Waals surface area contributed by atoms with Crippen LogP contribution in [0.4, 0.5) is 10.1 Å². The molecule has 0 spiro atoms. The molecule has 0 fully saturated rings. The summed E-state index contributed by atoms with van der Waals surface area (Å²) in [5, 5.41) is 9.62. The van der Waals surface area contributed by atoms with Gasteiger partial charge in [0.2, 0.25) is 0 Å². The van der Waals surface area contributed by atoms with Gasteiger partial charge in [0.05, 0.1) is 17.3 Å². The molecule has 0 saturated heterocycles. The molecule has 2 aromatic heterocycles. The maximum Gasteiger partial charge on any atom is 0.274 e. The topological polar surface area (TPSA) is 100 Å². The first kappa shape index (κ1) is 21.3. The molecule has 0 aliphatic rings. The molecule has 4 aromatic rings. The highest BCUT2D eigenvalue weighted by Crippen LogP contribution is 2.39. The van der Waals surface area contributed by atoms with Gasteiger partial charge in [-0.1, -0.05) is 0 Å². The molecule has 0 saturated carbocycles. The molecule has 162 valence electrons. The van der Waals surface area contributed by atoms with Crippen LogP contribution in [-0.4, -0.2) is 26.3 Å². The van der Waals surface area contributed by atoms with Gasteiger partial charge in [-0.3, -0.25) is 4.79 Å². The van der Waals surface area contributed by atoms with Crippen LogP contribution in [0.25, 0.3) is 22.0 Å². The van der Waals surface area contributed by atoms with Crippen LogP contribution in [0.1, 0.15) is 5.56 Å². The van der Waals surface area contributed by atoms with Gasteiger partial charge in [0, 0.05) is 58.2 Å². The summed E-state index contributed by atoms with van der Waals surface area (Å²) in [6.07, 6.45) is 6.38. The van der Waals surface area contributed by atoms with Crippen LogP contribution in [0.5, 0.6) is 11.5 Å². The SMILES string of the molecule is Cn1cc(-c2cc(N=S(C)(C)=O)ccc2Oc2ccc(C#N)cc2F)c2cc[nH]c2c1=O. The summed E-state index contributed by atoms with van der Waals surface area (Å²) in [5.41, 5.74) is 2.05. The molecule has 0 atom stereocenters. The third-order valence-corrected chi connectivity index (χ3v) is 5.40. The number of H-pyrrole nitrogens is 1. The maximum absolute atomic E-state index is 14.5. The van der Waals surface area contributed by atoms with Crippen molar-refractivity contribution in [2.75, 3.05) is 12.5 Å². The van der Waals surface area contributed by atoms with E-state index in [9.17, 15) is 13.4 Å². The van der Waals surface area contributed by atoms with Gasteiger partial charge in [-0.2, -0.15) is 9.62 Å². The lowest BCUT2D eigenvalue weighted by molar-refractivity contribution is 0.443. The average molecular weight is 450 g/mol. The van der Waals surface area contributed by atoms with E-state index in [4.69, 9.17) is 10.00 Å². The molecule has 0 aliphatic carbocycles. The molecule has 32 heavy (non-hydrogen) atoms. The van der Waals surface area contributed by atoms with Gasteiger partial charge in [0.15, 0.2) is 11.6 Å². The first-order valence-corrected chi connectivity index (χ1v) is 11.9. The Hall–Kier alpha value is -3.90. The molecule has 0 amide bonds. The Morgan fingerprint density at radius 3 is 2.56 bits per heavy atom. The molecular weight excluding hydrogens is 431 g/mol. The molecule has 9 heteroatoms. The second kappa shape index (κ2) is 7.98. The highest BCUT2D eigenvalue weighted by atomic mass is 32.2. The van der Waals surface area contributed by atoms with Crippen molar-refractivity contribution in [1.82, 2.24) is 9.55 Å². The minimum absolute atomic E-state index is 0.0557. The van der Waals surface area contributed by atoms with Crippen LogP contribution in [0.3, 0.4) is 0 Å². The van der Waals surface area contributed by atoms with Gasteiger partial charge >= 0.3 is 0 Å². The van der Waals surface area contributed by atoms with Crippen molar-refractivity contribution in [2.24, 2.45) is 11.4 Å². The number of nitrogens with one attached hydrogen (secondary N) is 1. The van der Waals surface area contributed by atoms with Crippen LogP contribution in [0.15, 0.2) is 64.0 Å². The van der Waals surface area contributed by atoms with E-state index in [1.54, 1.807) is 43.7 Å². The largest absolute Gasteiger partial charge is 0.454 e. The molecule has 1 N–H and O–H groups in total. The lowest BCUT2D eigenvalue weighted by atomic mass is 10.0. The fraction of sp³-hybridized carbons (Fsp3) is 0.130. The van der Waals surface area contributed by atoms with Crippen molar-refractivity contribution in [3.63, 3.8) is 0 Å². The Morgan fingerprint density at radius 2 is 1.88 bits per heavy atom. The number of aromatic nitrogens is 2. The molecule has 2 aromatic carbocycles. The molecule has 4 rings (SSSR count). The van der Waals surface area contributed by atoms with Crippen LogP contribution in [0, 0.1) is 17.1 Å². The summed E-state index contributed by atoms with van der Waals surface area (Å²) in [6, 6.07) is 12.5. The van der Waals surface area contributed by atoms with Crippen LogP contribution < -0.4 is 10.3 Å². The summed E-state index contributed by atoms with van der Waals surface area (Å²) in [5.74, 6) is -0.423. The zero-order valence-electron chi connectivity index (χ0n) is 17.5. The van der Waals surface area contributed by atoms with E-state index in [1.807, 2.05) is 6.07 Å². The van der Waals surface area contributed by atoms with Gasteiger partial charge < -0.3 is 14.3 Å². The summed E-state index contributed by atoms with van der Waals surface area (Å²) < 4.78 is 38.3. The number of aryl methyl sites for hydroxylation is 1. The van der Waals surface area contributed by atoms with Gasteiger partial charge in [-0.15, -0.1) is 0 Å². The third-order valence-electron chi connectivity index (χ3n) is 4.75. The molecular formula is C23H19FN4O3S. The molecule has 7 nitrogen and oxygen atoms in total. The van der Waals surface area contributed by atoms with Crippen molar-refractivity contribution in [3.05, 3.63) is 76.6 Å². The lowest BCUT2D eigenvalue weighted by Crippen LogP contribution is -2.16.